The van der Waals surface area contributed by atoms with Crippen molar-refractivity contribution in [2.24, 2.45) is 0 Å². The van der Waals surface area contributed by atoms with Crippen LogP contribution in [0.25, 0.3) is 12.2 Å². The lowest BCUT2D eigenvalue weighted by Gasteiger charge is -2.11. The highest BCUT2D eigenvalue weighted by molar-refractivity contribution is 9.10. The molecule has 0 unspecified atom stereocenters. The highest BCUT2D eigenvalue weighted by atomic mass is 79.9. The number of benzene rings is 1. The third-order valence-electron chi connectivity index (χ3n) is 3.04. The number of nitrogens with zero attached hydrogens (tertiary/aromatic N) is 2. The molecule has 0 aliphatic rings. The van der Waals surface area contributed by atoms with Gasteiger partial charge in [0.2, 0.25) is 0 Å². The largest absolute Gasteiger partial charge is 0.378 e. The number of carbonyl (C=O) groups is 1. The van der Waals surface area contributed by atoms with Gasteiger partial charge in [0.05, 0.1) is 0 Å². The number of pyridine rings is 1. The molecule has 0 bridgehead atoms. The van der Waals surface area contributed by atoms with E-state index in [1.165, 1.54) is 6.08 Å². The third-order valence-corrected chi connectivity index (χ3v) is 3.51. The zero-order valence-corrected chi connectivity index (χ0v) is 14.1. The average molecular weight is 357 g/mol. The predicted octanol–water partition coefficient (Wildman–Crippen LogP) is 4.21. The van der Waals surface area contributed by atoms with Crippen molar-refractivity contribution in [2.45, 2.75) is 0 Å². The Balaban J connectivity index is 1.97. The first-order chi connectivity index (χ1) is 10.5. The van der Waals surface area contributed by atoms with Crippen molar-refractivity contribution >= 4 is 39.6 Å². The first-order valence-corrected chi connectivity index (χ1v) is 7.63. The van der Waals surface area contributed by atoms with Crippen molar-refractivity contribution in [3.05, 3.63) is 70.5 Å². The van der Waals surface area contributed by atoms with Crippen molar-refractivity contribution in [3.8, 4) is 0 Å². The lowest BCUT2D eigenvalue weighted by molar-refractivity contribution is -0.110. The molecule has 0 saturated heterocycles. The molecule has 0 fully saturated rings. The van der Waals surface area contributed by atoms with Crippen LogP contribution < -0.4 is 4.90 Å². The minimum atomic E-state index is -0.0559. The van der Waals surface area contributed by atoms with Crippen LogP contribution in [0.4, 0.5) is 5.69 Å². The standard InChI is InChI=1S/C18H17BrN2O/c1-21(2)16-8-3-14(4-9-16)5-10-17(22)11-6-15-7-12-18(19)20-13-15/h3-13H,1-2H3/b10-5+,11-6+. The van der Waals surface area contributed by atoms with Gasteiger partial charge in [0.15, 0.2) is 5.78 Å². The summed E-state index contributed by atoms with van der Waals surface area (Å²) in [4.78, 5) is 18.0. The van der Waals surface area contributed by atoms with Gasteiger partial charge in [0.1, 0.15) is 4.60 Å². The summed E-state index contributed by atoms with van der Waals surface area (Å²) in [7, 11) is 3.99. The van der Waals surface area contributed by atoms with Crippen molar-refractivity contribution < 1.29 is 4.79 Å². The molecular formula is C18H17BrN2O. The SMILES string of the molecule is CN(C)c1ccc(/C=C/C(=O)/C=C/c2ccc(Br)nc2)cc1. The number of aromatic nitrogens is 1. The van der Waals surface area contributed by atoms with Gasteiger partial charge in [-0.1, -0.05) is 24.3 Å². The normalized spacial score (nSPS) is 11.2. The van der Waals surface area contributed by atoms with Crippen LogP contribution in [0.15, 0.2) is 59.4 Å². The number of rotatable bonds is 5. The number of halogens is 1. The van der Waals surface area contributed by atoms with E-state index in [0.717, 1.165) is 21.4 Å². The Morgan fingerprint density at radius 1 is 1.00 bits per heavy atom. The monoisotopic (exact) mass is 356 g/mol. The Labute approximate surface area is 139 Å². The summed E-state index contributed by atoms with van der Waals surface area (Å²) in [6, 6.07) is 11.8. The molecular weight excluding hydrogens is 340 g/mol. The molecule has 0 saturated carbocycles. The Hall–Kier alpha value is -2.20. The van der Waals surface area contributed by atoms with Crippen LogP contribution in [0.3, 0.4) is 0 Å². The van der Waals surface area contributed by atoms with Gasteiger partial charge in [-0.15, -0.1) is 0 Å². The second-order valence-corrected chi connectivity index (χ2v) is 5.78. The topological polar surface area (TPSA) is 33.2 Å². The first-order valence-electron chi connectivity index (χ1n) is 6.84. The van der Waals surface area contributed by atoms with Crippen LogP contribution >= 0.6 is 15.9 Å². The number of carbonyl (C=O) groups excluding carboxylic acids is 1. The van der Waals surface area contributed by atoms with E-state index in [2.05, 4.69) is 20.9 Å². The number of hydrogen-bond donors (Lipinski definition) is 0. The van der Waals surface area contributed by atoms with E-state index in [1.807, 2.05) is 61.5 Å². The molecule has 3 nitrogen and oxygen atoms in total. The summed E-state index contributed by atoms with van der Waals surface area (Å²) in [5.41, 5.74) is 3.02. The van der Waals surface area contributed by atoms with Gasteiger partial charge in [0.25, 0.3) is 0 Å². The van der Waals surface area contributed by atoms with Crippen LogP contribution in [0, 0.1) is 0 Å². The Morgan fingerprint density at radius 3 is 2.14 bits per heavy atom. The van der Waals surface area contributed by atoms with Crippen LogP contribution in [-0.4, -0.2) is 24.9 Å². The zero-order valence-electron chi connectivity index (χ0n) is 12.5. The molecule has 1 aromatic heterocycles. The van der Waals surface area contributed by atoms with Gasteiger partial charge >= 0.3 is 0 Å². The van der Waals surface area contributed by atoms with Gasteiger partial charge in [0, 0.05) is 26.0 Å². The van der Waals surface area contributed by atoms with Crippen LogP contribution in [0.1, 0.15) is 11.1 Å². The van der Waals surface area contributed by atoms with Gasteiger partial charge in [-0.05, 0) is 63.5 Å². The summed E-state index contributed by atoms with van der Waals surface area (Å²) >= 11 is 3.27. The summed E-state index contributed by atoms with van der Waals surface area (Å²) < 4.78 is 0.775. The fourth-order valence-electron chi connectivity index (χ4n) is 1.78. The van der Waals surface area contributed by atoms with E-state index in [1.54, 1.807) is 18.3 Å². The molecule has 0 atom stereocenters. The fraction of sp³-hybridized carbons (Fsp3) is 0.111. The molecule has 0 aliphatic carbocycles. The summed E-state index contributed by atoms with van der Waals surface area (Å²) in [5, 5.41) is 0. The molecule has 22 heavy (non-hydrogen) atoms. The minimum Gasteiger partial charge on any atom is -0.378 e. The second kappa shape index (κ2) is 7.71. The number of allylic oxidation sites excluding steroid dienone is 2. The molecule has 0 spiro atoms. The number of ketones is 1. The lowest BCUT2D eigenvalue weighted by Crippen LogP contribution is -2.07. The minimum absolute atomic E-state index is 0.0559. The smallest absolute Gasteiger partial charge is 0.178 e. The Bertz CT molecular complexity index is 686. The summed E-state index contributed by atoms with van der Waals surface area (Å²) in [6.45, 7) is 0. The fourth-order valence-corrected chi connectivity index (χ4v) is 2.02. The molecule has 4 heteroatoms. The lowest BCUT2D eigenvalue weighted by atomic mass is 10.1. The average Bonchev–Trinajstić information content (AvgIpc) is 2.52. The molecule has 2 aromatic rings. The first kappa shape index (κ1) is 16.2. The van der Waals surface area contributed by atoms with Crippen molar-refractivity contribution in [3.63, 3.8) is 0 Å². The second-order valence-electron chi connectivity index (χ2n) is 4.97. The zero-order chi connectivity index (χ0) is 15.9. The molecule has 2 rings (SSSR count). The van der Waals surface area contributed by atoms with E-state index >= 15 is 0 Å². The highest BCUT2D eigenvalue weighted by Crippen LogP contribution is 2.13. The third kappa shape index (κ3) is 4.97. The molecule has 1 aromatic carbocycles. The highest BCUT2D eigenvalue weighted by Gasteiger charge is 1.95. The molecule has 0 N–H and O–H groups in total. The van der Waals surface area contributed by atoms with E-state index < -0.39 is 0 Å². The molecule has 0 amide bonds. The van der Waals surface area contributed by atoms with E-state index in [-0.39, 0.29) is 5.78 Å². The summed E-state index contributed by atoms with van der Waals surface area (Å²) in [6.07, 6.45) is 8.37. The van der Waals surface area contributed by atoms with Crippen LogP contribution in [0.5, 0.6) is 0 Å². The van der Waals surface area contributed by atoms with Gasteiger partial charge in [-0.3, -0.25) is 4.79 Å². The van der Waals surface area contributed by atoms with Crippen LogP contribution in [0.2, 0.25) is 0 Å². The van der Waals surface area contributed by atoms with Gasteiger partial charge in [-0.25, -0.2) is 4.98 Å². The predicted molar refractivity (Wildman–Crippen MR) is 95.8 cm³/mol. The molecule has 0 aliphatic heterocycles. The van der Waals surface area contributed by atoms with Crippen molar-refractivity contribution in [1.82, 2.24) is 4.98 Å². The Morgan fingerprint density at radius 2 is 1.59 bits per heavy atom. The van der Waals surface area contributed by atoms with E-state index in [4.69, 9.17) is 0 Å². The maximum absolute atomic E-state index is 11.8. The van der Waals surface area contributed by atoms with Crippen molar-refractivity contribution in [1.29, 1.82) is 0 Å². The van der Waals surface area contributed by atoms with E-state index in [9.17, 15) is 4.79 Å². The maximum atomic E-state index is 11.8. The maximum Gasteiger partial charge on any atom is 0.178 e. The number of anilines is 1. The van der Waals surface area contributed by atoms with E-state index in [0.29, 0.717) is 0 Å². The Kier molecular flexibility index (Phi) is 5.67. The quantitative estimate of drug-likeness (QED) is 0.594. The molecule has 0 radical (unpaired) electrons. The number of hydrogen-bond acceptors (Lipinski definition) is 3. The molecule has 112 valence electrons. The summed E-state index contributed by atoms with van der Waals surface area (Å²) in [5.74, 6) is -0.0559. The van der Waals surface area contributed by atoms with Gasteiger partial charge in [-0.2, -0.15) is 0 Å². The van der Waals surface area contributed by atoms with Crippen molar-refractivity contribution in [2.75, 3.05) is 19.0 Å². The van der Waals surface area contributed by atoms with Gasteiger partial charge < -0.3 is 4.90 Å². The van der Waals surface area contributed by atoms with Crippen LogP contribution in [-0.2, 0) is 4.79 Å². The molecule has 1 heterocycles.